The Morgan fingerprint density at radius 1 is 0.971 bits per heavy atom. The van der Waals surface area contributed by atoms with E-state index in [1.807, 2.05) is 60.7 Å². The van der Waals surface area contributed by atoms with E-state index >= 15 is 0 Å². The van der Waals surface area contributed by atoms with Crippen LogP contribution in [0.4, 0.5) is 4.79 Å². The van der Waals surface area contributed by atoms with Gasteiger partial charge in [-0.2, -0.15) is 0 Å². The number of aromatic nitrogens is 2. The summed E-state index contributed by atoms with van der Waals surface area (Å²) >= 11 is 0. The summed E-state index contributed by atoms with van der Waals surface area (Å²) in [7, 11) is 0. The number of hydrogen-bond donors (Lipinski definition) is 2. The maximum Gasteiger partial charge on any atom is 0.371 e. The number of carbonyl (C=O) groups is 2. The Morgan fingerprint density at radius 3 is 1.97 bits per heavy atom. The van der Waals surface area contributed by atoms with E-state index in [0.29, 0.717) is 48.8 Å². The molecule has 2 amide bonds. The van der Waals surface area contributed by atoms with Gasteiger partial charge in [0.1, 0.15) is 0 Å². The van der Waals surface area contributed by atoms with E-state index in [4.69, 9.17) is 9.47 Å². The smallest absolute Gasteiger partial charge is 0.371 e. The molecular weight excluding hydrogens is 448 g/mol. The Kier molecular flexibility index (Phi) is 7.26. The minimum Gasteiger partial charge on any atom is -0.477 e. The predicted molar refractivity (Wildman–Crippen MR) is 128 cm³/mol. The molecular formula is C26H28N4O5. The van der Waals surface area contributed by atoms with Crippen LogP contribution in [0.5, 0.6) is 6.01 Å². The lowest BCUT2D eigenvalue weighted by Crippen LogP contribution is -2.65. The number of rotatable bonds is 7. The molecule has 1 fully saturated rings. The highest BCUT2D eigenvalue weighted by atomic mass is 16.6. The summed E-state index contributed by atoms with van der Waals surface area (Å²) in [5.41, 5.74) is 0.267. The van der Waals surface area contributed by atoms with Crippen LogP contribution in [0.15, 0.2) is 66.7 Å². The Bertz CT molecular complexity index is 1110. The standard InChI is InChI=1S/C26H28N4O5/c1-18-17-19(2)28-24(27-18)35-26(23(31)32,29-25(33)30-13-15-34-16-14-30)22(20-9-5-3-6-10-20)21-11-7-4-8-12-21/h3-12,17,22H,13-16H2,1-2H3,(H,29,33)(H,31,32)/t26-/m1/s1. The number of carboxylic acid groups (broad SMARTS) is 1. The van der Waals surface area contributed by atoms with Crippen LogP contribution in [0.3, 0.4) is 0 Å². The highest BCUT2D eigenvalue weighted by molar-refractivity contribution is 5.87. The topological polar surface area (TPSA) is 114 Å². The number of aliphatic carboxylic acids is 1. The summed E-state index contributed by atoms with van der Waals surface area (Å²) in [5, 5.41) is 13.4. The van der Waals surface area contributed by atoms with Crippen LogP contribution in [0.1, 0.15) is 28.4 Å². The zero-order chi connectivity index (χ0) is 24.8. The van der Waals surface area contributed by atoms with Gasteiger partial charge in [0, 0.05) is 24.5 Å². The summed E-state index contributed by atoms with van der Waals surface area (Å²) in [6.07, 6.45) is 0. The molecule has 182 valence electrons. The van der Waals surface area contributed by atoms with E-state index in [2.05, 4.69) is 15.3 Å². The molecule has 0 aliphatic carbocycles. The van der Waals surface area contributed by atoms with Gasteiger partial charge in [0.25, 0.3) is 5.72 Å². The number of nitrogens with zero attached hydrogens (tertiary/aromatic N) is 3. The molecule has 0 bridgehead atoms. The lowest BCUT2D eigenvalue weighted by molar-refractivity contribution is -0.160. The Labute approximate surface area is 203 Å². The molecule has 0 spiro atoms. The quantitative estimate of drug-likeness (QED) is 0.504. The maximum absolute atomic E-state index is 13.4. The molecule has 0 radical (unpaired) electrons. The van der Waals surface area contributed by atoms with Crippen LogP contribution in [0.2, 0.25) is 0 Å². The first kappa shape index (κ1) is 24.2. The molecule has 9 nitrogen and oxygen atoms in total. The SMILES string of the molecule is Cc1cc(C)nc(O[C@@](NC(=O)N2CCOCC2)(C(=O)O)C(c2ccccc2)c2ccccc2)n1. The second-order valence-electron chi connectivity index (χ2n) is 8.36. The third-order valence-electron chi connectivity index (χ3n) is 5.80. The van der Waals surface area contributed by atoms with Gasteiger partial charge in [0.05, 0.1) is 19.1 Å². The van der Waals surface area contributed by atoms with E-state index in [9.17, 15) is 14.7 Å². The molecule has 2 aromatic carbocycles. The number of carbonyl (C=O) groups excluding carboxylic acids is 1. The van der Waals surface area contributed by atoms with Gasteiger partial charge >= 0.3 is 18.0 Å². The predicted octanol–water partition coefficient (Wildman–Crippen LogP) is 3.13. The number of benzene rings is 2. The summed E-state index contributed by atoms with van der Waals surface area (Å²) in [4.78, 5) is 36.7. The zero-order valence-electron chi connectivity index (χ0n) is 19.7. The van der Waals surface area contributed by atoms with Gasteiger partial charge in [-0.3, -0.25) is 5.32 Å². The van der Waals surface area contributed by atoms with Crippen molar-refractivity contribution in [1.29, 1.82) is 0 Å². The molecule has 0 saturated carbocycles. The first-order valence-corrected chi connectivity index (χ1v) is 11.4. The van der Waals surface area contributed by atoms with Crippen molar-refractivity contribution in [2.24, 2.45) is 0 Å². The van der Waals surface area contributed by atoms with Crippen molar-refractivity contribution < 1.29 is 24.2 Å². The third-order valence-corrected chi connectivity index (χ3v) is 5.80. The van der Waals surface area contributed by atoms with E-state index in [1.54, 1.807) is 19.9 Å². The van der Waals surface area contributed by atoms with E-state index in [0.717, 1.165) is 0 Å². The van der Waals surface area contributed by atoms with E-state index < -0.39 is 23.6 Å². The summed E-state index contributed by atoms with van der Waals surface area (Å²) in [6, 6.07) is 19.2. The number of aryl methyl sites for hydroxylation is 2. The number of urea groups is 1. The van der Waals surface area contributed by atoms with Crippen molar-refractivity contribution in [2.75, 3.05) is 26.3 Å². The van der Waals surface area contributed by atoms with Gasteiger partial charge in [-0.1, -0.05) is 60.7 Å². The molecule has 0 unspecified atom stereocenters. The first-order valence-electron chi connectivity index (χ1n) is 11.4. The third kappa shape index (κ3) is 5.41. The van der Waals surface area contributed by atoms with Gasteiger partial charge in [0.2, 0.25) is 0 Å². The number of morpholine rings is 1. The van der Waals surface area contributed by atoms with Gasteiger partial charge in [-0.05, 0) is 31.0 Å². The average molecular weight is 477 g/mol. The largest absolute Gasteiger partial charge is 0.477 e. The van der Waals surface area contributed by atoms with Gasteiger partial charge in [0.15, 0.2) is 0 Å². The van der Waals surface area contributed by atoms with Gasteiger partial charge in [-0.25, -0.2) is 19.6 Å². The number of amides is 2. The maximum atomic E-state index is 13.4. The van der Waals surface area contributed by atoms with Crippen LogP contribution in [-0.2, 0) is 9.53 Å². The monoisotopic (exact) mass is 476 g/mol. The molecule has 35 heavy (non-hydrogen) atoms. The van der Waals surface area contributed by atoms with Crippen molar-refractivity contribution >= 4 is 12.0 Å². The van der Waals surface area contributed by atoms with Gasteiger partial charge < -0.3 is 19.5 Å². The molecule has 4 rings (SSSR count). The van der Waals surface area contributed by atoms with Gasteiger partial charge in [-0.15, -0.1) is 0 Å². The zero-order valence-corrected chi connectivity index (χ0v) is 19.7. The van der Waals surface area contributed by atoms with E-state index in [-0.39, 0.29) is 6.01 Å². The van der Waals surface area contributed by atoms with Crippen LogP contribution in [0, 0.1) is 13.8 Å². The Hall–Kier alpha value is -3.98. The van der Waals surface area contributed by atoms with Crippen molar-refractivity contribution in [3.05, 3.63) is 89.2 Å². The molecule has 2 heterocycles. The van der Waals surface area contributed by atoms with Crippen LogP contribution in [-0.4, -0.2) is 64.0 Å². The lowest BCUT2D eigenvalue weighted by atomic mass is 9.82. The first-order chi connectivity index (χ1) is 16.9. The lowest BCUT2D eigenvalue weighted by Gasteiger charge is -2.39. The summed E-state index contributed by atoms with van der Waals surface area (Å²) in [6.45, 7) is 4.95. The molecule has 1 aliphatic heterocycles. The van der Waals surface area contributed by atoms with Crippen LogP contribution >= 0.6 is 0 Å². The second-order valence-corrected chi connectivity index (χ2v) is 8.36. The number of ether oxygens (including phenoxy) is 2. The molecule has 1 saturated heterocycles. The van der Waals surface area contributed by atoms with E-state index in [1.165, 1.54) is 4.90 Å². The van der Waals surface area contributed by atoms with Crippen molar-refractivity contribution in [2.45, 2.75) is 25.5 Å². The Balaban J connectivity index is 1.89. The van der Waals surface area contributed by atoms with Crippen LogP contribution < -0.4 is 10.1 Å². The summed E-state index contributed by atoms with van der Waals surface area (Å²) < 4.78 is 11.5. The van der Waals surface area contributed by atoms with Crippen molar-refractivity contribution in [1.82, 2.24) is 20.2 Å². The van der Waals surface area contributed by atoms with Crippen LogP contribution in [0.25, 0.3) is 0 Å². The number of nitrogens with one attached hydrogen (secondary N) is 1. The highest BCUT2D eigenvalue weighted by Crippen LogP contribution is 2.37. The Morgan fingerprint density at radius 2 is 1.49 bits per heavy atom. The second kappa shape index (κ2) is 10.5. The fraction of sp³-hybridized carbons (Fsp3) is 0.308. The molecule has 1 aromatic heterocycles. The average Bonchev–Trinajstić information content (AvgIpc) is 2.85. The number of hydrogen-bond acceptors (Lipinski definition) is 6. The minimum absolute atomic E-state index is 0.135. The fourth-order valence-corrected chi connectivity index (χ4v) is 4.22. The molecule has 1 atom stereocenters. The molecule has 9 heteroatoms. The van der Waals surface area contributed by atoms with Crippen molar-refractivity contribution in [3.8, 4) is 6.01 Å². The minimum atomic E-state index is -2.25. The molecule has 2 N–H and O–H groups in total. The normalized spacial score (nSPS) is 15.3. The fourth-order valence-electron chi connectivity index (χ4n) is 4.22. The summed E-state index contributed by atoms with van der Waals surface area (Å²) in [5.74, 6) is -2.30. The van der Waals surface area contributed by atoms with Crippen molar-refractivity contribution in [3.63, 3.8) is 0 Å². The number of carboxylic acids is 1. The molecule has 3 aromatic rings. The molecule has 1 aliphatic rings. The highest BCUT2D eigenvalue weighted by Gasteiger charge is 2.53.